The summed E-state index contributed by atoms with van der Waals surface area (Å²) >= 11 is 0. The number of hydrogen-bond acceptors (Lipinski definition) is 6. The van der Waals surface area contributed by atoms with Gasteiger partial charge in [-0.1, -0.05) is 30.3 Å². The van der Waals surface area contributed by atoms with Crippen molar-refractivity contribution >= 4 is 11.9 Å². The Morgan fingerprint density at radius 3 is 2.54 bits per heavy atom. The minimum atomic E-state index is -0.556. The van der Waals surface area contributed by atoms with Crippen LogP contribution in [0.4, 0.5) is 0 Å². The first-order chi connectivity index (χ1) is 12.2. The summed E-state index contributed by atoms with van der Waals surface area (Å²) in [5, 5.41) is 1.70. The highest BCUT2D eigenvalue weighted by atomic mass is 16.7. The number of rotatable bonds is 4. The van der Waals surface area contributed by atoms with Gasteiger partial charge in [0.25, 0.3) is 0 Å². The second-order valence-corrected chi connectivity index (χ2v) is 8.05. The van der Waals surface area contributed by atoms with Gasteiger partial charge in [-0.25, -0.2) is 0 Å². The van der Waals surface area contributed by atoms with Gasteiger partial charge in [0, 0.05) is 0 Å². The smallest absolute Gasteiger partial charge is 0.326 e. The van der Waals surface area contributed by atoms with E-state index in [0.717, 1.165) is 5.56 Å². The first-order valence-corrected chi connectivity index (χ1v) is 9.10. The molecule has 0 aromatic heterocycles. The zero-order valence-electron chi connectivity index (χ0n) is 16.0. The SMILES string of the molecule is C[C@@H]1OC(=O)[C@@H]2[C@H]1[C@@H](CC(=O)OC(C)(C)C)ON2[C@H](C)c1ccccc1. The van der Waals surface area contributed by atoms with E-state index in [9.17, 15) is 9.59 Å². The van der Waals surface area contributed by atoms with E-state index in [-0.39, 0.29) is 36.4 Å². The highest BCUT2D eigenvalue weighted by Gasteiger charge is 2.58. The zero-order chi connectivity index (χ0) is 19.1. The highest BCUT2D eigenvalue weighted by molar-refractivity contribution is 5.79. The van der Waals surface area contributed by atoms with Crippen molar-refractivity contribution in [3.8, 4) is 0 Å². The monoisotopic (exact) mass is 361 g/mol. The Morgan fingerprint density at radius 2 is 1.92 bits per heavy atom. The molecular formula is C20H27NO5. The summed E-state index contributed by atoms with van der Waals surface area (Å²) in [6.45, 7) is 9.33. The molecule has 2 aliphatic heterocycles. The van der Waals surface area contributed by atoms with Gasteiger partial charge in [0.05, 0.1) is 24.5 Å². The quantitative estimate of drug-likeness (QED) is 0.768. The van der Waals surface area contributed by atoms with E-state index < -0.39 is 17.7 Å². The zero-order valence-corrected chi connectivity index (χ0v) is 16.0. The third-order valence-electron chi connectivity index (χ3n) is 4.86. The van der Waals surface area contributed by atoms with Crippen molar-refractivity contribution in [3.63, 3.8) is 0 Å². The Bertz CT molecular complexity index is 669. The van der Waals surface area contributed by atoms with E-state index in [1.54, 1.807) is 5.06 Å². The van der Waals surface area contributed by atoms with Crippen LogP contribution in [0.3, 0.4) is 0 Å². The lowest BCUT2D eigenvalue weighted by atomic mass is 9.90. The van der Waals surface area contributed by atoms with E-state index in [2.05, 4.69) is 0 Å². The summed E-state index contributed by atoms with van der Waals surface area (Å²) in [6.07, 6.45) is -0.646. The number of fused-ring (bicyclic) bond motifs is 1. The molecule has 0 amide bonds. The first-order valence-electron chi connectivity index (χ1n) is 9.10. The van der Waals surface area contributed by atoms with Crippen molar-refractivity contribution in [2.75, 3.05) is 0 Å². The summed E-state index contributed by atoms with van der Waals surface area (Å²) in [7, 11) is 0. The van der Waals surface area contributed by atoms with Gasteiger partial charge in [0.2, 0.25) is 0 Å². The molecule has 0 N–H and O–H groups in total. The van der Waals surface area contributed by atoms with E-state index in [1.165, 1.54) is 0 Å². The molecule has 142 valence electrons. The van der Waals surface area contributed by atoms with Crippen LogP contribution in [0.5, 0.6) is 0 Å². The second kappa shape index (κ2) is 7.00. The van der Waals surface area contributed by atoms with Crippen molar-refractivity contribution < 1.29 is 23.9 Å². The molecule has 0 aliphatic carbocycles. The number of benzene rings is 1. The van der Waals surface area contributed by atoms with Crippen LogP contribution in [-0.4, -0.2) is 40.9 Å². The number of carbonyl (C=O) groups excluding carboxylic acids is 2. The maximum atomic E-state index is 12.4. The third kappa shape index (κ3) is 3.76. The van der Waals surface area contributed by atoms with E-state index in [4.69, 9.17) is 14.3 Å². The van der Waals surface area contributed by atoms with Crippen LogP contribution in [-0.2, 0) is 23.9 Å². The number of carbonyl (C=O) groups is 2. The van der Waals surface area contributed by atoms with Crippen LogP contribution in [0.1, 0.15) is 52.6 Å². The fraction of sp³-hybridized carbons (Fsp3) is 0.600. The number of hydroxylamine groups is 2. The molecule has 1 aromatic rings. The maximum Gasteiger partial charge on any atom is 0.326 e. The maximum absolute atomic E-state index is 12.4. The molecule has 0 bridgehead atoms. The number of ether oxygens (including phenoxy) is 2. The molecule has 3 rings (SSSR count). The lowest BCUT2D eigenvalue weighted by molar-refractivity contribution is -0.206. The van der Waals surface area contributed by atoms with Crippen LogP contribution in [0, 0.1) is 5.92 Å². The molecule has 1 aromatic carbocycles. The van der Waals surface area contributed by atoms with Gasteiger partial charge in [0.1, 0.15) is 17.7 Å². The largest absolute Gasteiger partial charge is 0.461 e. The third-order valence-corrected chi connectivity index (χ3v) is 4.86. The Morgan fingerprint density at radius 1 is 1.27 bits per heavy atom. The van der Waals surface area contributed by atoms with Gasteiger partial charge in [-0.3, -0.25) is 14.4 Å². The normalized spacial score (nSPS) is 30.0. The molecular weight excluding hydrogens is 334 g/mol. The molecule has 5 atom stereocenters. The van der Waals surface area contributed by atoms with Crippen LogP contribution >= 0.6 is 0 Å². The Balaban J connectivity index is 1.80. The van der Waals surface area contributed by atoms with Crippen molar-refractivity contribution in [1.82, 2.24) is 5.06 Å². The van der Waals surface area contributed by atoms with Crippen molar-refractivity contribution in [1.29, 1.82) is 0 Å². The van der Waals surface area contributed by atoms with Gasteiger partial charge in [0.15, 0.2) is 0 Å². The summed E-state index contributed by atoms with van der Waals surface area (Å²) in [6, 6.07) is 9.20. The lowest BCUT2D eigenvalue weighted by Gasteiger charge is -2.27. The van der Waals surface area contributed by atoms with E-state index in [1.807, 2.05) is 65.0 Å². The Labute approximate surface area is 154 Å². The fourth-order valence-electron chi connectivity index (χ4n) is 3.75. The molecule has 2 aliphatic rings. The summed E-state index contributed by atoms with van der Waals surface area (Å²) in [5.74, 6) is -0.819. The summed E-state index contributed by atoms with van der Waals surface area (Å²) in [5.41, 5.74) is 0.483. The average molecular weight is 361 g/mol. The van der Waals surface area contributed by atoms with E-state index >= 15 is 0 Å². The Hall–Kier alpha value is -1.92. The van der Waals surface area contributed by atoms with Gasteiger partial charge in [-0.15, -0.1) is 0 Å². The molecule has 6 heteroatoms. The highest BCUT2D eigenvalue weighted by Crippen LogP contribution is 2.43. The fourth-order valence-corrected chi connectivity index (χ4v) is 3.75. The average Bonchev–Trinajstić information content (AvgIpc) is 3.05. The molecule has 2 saturated heterocycles. The molecule has 2 heterocycles. The number of cyclic esters (lactones) is 1. The van der Waals surface area contributed by atoms with Crippen LogP contribution in [0.15, 0.2) is 30.3 Å². The predicted molar refractivity (Wildman–Crippen MR) is 94.9 cm³/mol. The number of nitrogens with zero attached hydrogens (tertiary/aromatic N) is 1. The van der Waals surface area contributed by atoms with Crippen molar-refractivity contribution in [3.05, 3.63) is 35.9 Å². The Kier molecular flexibility index (Phi) is 5.08. The lowest BCUT2D eigenvalue weighted by Crippen LogP contribution is -2.37. The van der Waals surface area contributed by atoms with Crippen LogP contribution < -0.4 is 0 Å². The predicted octanol–water partition coefficient (Wildman–Crippen LogP) is 3.03. The molecule has 0 saturated carbocycles. The van der Waals surface area contributed by atoms with Crippen molar-refractivity contribution in [2.45, 2.75) is 70.9 Å². The summed E-state index contributed by atoms with van der Waals surface area (Å²) < 4.78 is 10.9. The molecule has 0 unspecified atom stereocenters. The first kappa shape index (κ1) is 18.9. The van der Waals surface area contributed by atoms with E-state index in [0.29, 0.717) is 0 Å². The molecule has 0 spiro atoms. The minimum absolute atomic E-state index is 0.0947. The standard InChI is InChI=1S/C20H27NO5/c1-12(14-9-7-6-8-10-14)21-18-17(13(2)24-19(18)23)15(26-21)11-16(22)25-20(3,4)5/h6-10,12-13,15,17-18H,11H2,1-5H3/t12-,13+,15-,17-,18+/m1/s1. The van der Waals surface area contributed by atoms with Crippen LogP contribution in [0.2, 0.25) is 0 Å². The second-order valence-electron chi connectivity index (χ2n) is 8.05. The van der Waals surface area contributed by atoms with Gasteiger partial charge in [-0.05, 0) is 40.2 Å². The van der Waals surface area contributed by atoms with Crippen LogP contribution in [0.25, 0.3) is 0 Å². The van der Waals surface area contributed by atoms with Crippen molar-refractivity contribution in [2.24, 2.45) is 5.92 Å². The van der Waals surface area contributed by atoms with Gasteiger partial charge < -0.3 is 9.47 Å². The number of hydrogen-bond donors (Lipinski definition) is 0. The van der Waals surface area contributed by atoms with Gasteiger partial charge in [-0.2, -0.15) is 5.06 Å². The number of esters is 2. The minimum Gasteiger partial charge on any atom is -0.461 e. The molecule has 0 radical (unpaired) electrons. The molecule has 6 nitrogen and oxygen atoms in total. The molecule has 2 fully saturated rings. The van der Waals surface area contributed by atoms with Gasteiger partial charge >= 0.3 is 11.9 Å². The topological polar surface area (TPSA) is 65.1 Å². The summed E-state index contributed by atoms with van der Waals surface area (Å²) in [4.78, 5) is 30.8. The molecule has 26 heavy (non-hydrogen) atoms.